The number of fused-ring (bicyclic) bond motifs is 1. The number of halogens is 1. The van der Waals surface area contributed by atoms with Gasteiger partial charge in [0.15, 0.2) is 0 Å². The number of imidazole rings is 1. The number of anilines is 1. The molecule has 0 spiro atoms. The number of amides is 2. The Morgan fingerprint density at radius 1 is 1.53 bits per heavy atom. The predicted molar refractivity (Wildman–Crippen MR) is 78.9 cm³/mol. The van der Waals surface area contributed by atoms with Crippen LogP contribution in [0.4, 0.5) is 10.7 Å². The molecule has 0 aliphatic heterocycles. The molecule has 0 aliphatic rings. The van der Waals surface area contributed by atoms with E-state index in [1.54, 1.807) is 14.1 Å². The molecule has 0 atom stereocenters. The normalized spacial score (nSPS) is 10.7. The highest BCUT2D eigenvalue weighted by Gasteiger charge is 2.09. The number of rotatable bonds is 3. The van der Waals surface area contributed by atoms with Crippen molar-refractivity contribution in [3.63, 3.8) is 0 Å². The van der Waals surface area contributed by atoms with Crippen molar-refractivity contribution in [1.82, 2.24) is 19.8 Å². The number of carbonyl (C=O) groups excluding carboxylic acids is 1. The van der Waals surface area contributed by atoms with Gasteiger partial charge < -0.3 is 20.5 Å². The average Bonchev–Trinajstić information content (AvgIpc) is 2.65. The van der Waals surface area contributed by atoms with Gasteiger partial charge in [0.2, 0.25) is 5.95 Å². The molecule has 2 amide bonds. The fourth-order valence-corrected chi connectivity index (χ4v) is 2.13. The molecule has 19 heavy (non-hydrogen) atoms. The van der Waals surface area contributed by atoms with Crippen molar-refractivity contribution >= 4 is 38.9 Å². The summed E-state index contributed by atoms with van der Waals surface area (Å²) in [6.45, 7) is 1.08. The Morgan fingerprint density at radius 3 is 2.95 bits per heavy atom. The van der Waals surface area contributed by atoms with Gasteiger partial charge in [-0.25, -0.2) is 9.78 Å². The van der Waals surface area contributed by atoms with Gasteiger partial charge in [-0.05, 0) is 18.2 Å². The van der Waals surface area contributed by atoms with E-state index in [9.17, 15) is 4.79 Å². The van der Waals surface area contributed by atoms with Crippen molar-refractivity contribution in [2.45, 2.75) is 6.54 Å². The Morgan fingerprint density at radius 2 is 2.26 bits per heavy atom. The van der Waals surface area contributed by atoms with Crippen molar-refractivity contribution in [2.24, 2.45) is 0 Å². The first-order chi connectivity index (χ1) is 8.99. The van der Waals surface area contributed by atoms with E-state index in [-0.39, 0.29) is 6.03 Å². The van der Waals surface area contributed by atoms with Crippen molar-refractivity contribution in [3.05, 3.63) is 22.7 Å². The highest BCUT2D eigenvalue weighted by molar-refractivity contribution is 9.10. The van der Waals surface area contributed by atoms with Crippen LogP contribution in [0.2, 0.25) is 0 Å². The fraction of sp³-hybridized carbons (Fsp3) is 0.333. The molecule has 1 aromatic carbocycles. The van der Waals surface area contributed by atoms with E-state index >= 15 is 0 Å². The van der Waals surface area contributed by atoms with Crippen LogP contribution in [0.15, 0.2) is 22.7 Å². The summed E-state index contributed by atoms with van der Waals surface area (Å²) >= 11 is 3.43. The molecule has 0 bridgehead atoms. The van der Waals surface area contributed by atoms with Crippen LogP contribution >= 0.6 is 15.9 Å². The zero-order valence-corrected chi connectivity index (χ0v) is 12.4. The maximum atomic E-state index is 11.4. The maximum absolute atomic E-state index is 11.4. The van der Waals surface area contributed by atoms with E-state index in [1.165, 1.54) is 4.90 Å². The molecule has 0 unspecified atom stereocenters. The van der Waals surface area contributed by atoms with Crippen LogP contribution in [0.3, 0.4) is 0 Å². The Hall–Kier alpha value is -1.76. The molecule has 0 fully saturated rings. The smallest absolute Gasteiger partial charge is 0.316 e. The summed E-state index contributed by atoms with van der Waals surface area (Å²) in [4.78, 5) is 17.2. The van der Waals surface area contributed by atoms with Gasteiger partial charge in [-0.3, -0.25) is 0 Å². The van der Waals surface area contributed by atoms with E-state index in [0.717, 1.165) is 15.5 Å². The van der Waals surface area contributed by atoms with Crippen LogP contribution in [-0.4, -0.2) is 41.1 Å². The third-order valence-electron chi connectivity index (χ3n) is 2.76. The highest BCUT2D eigenvalue weighted by atomic mass is 79.9. The summed E-state index contributed by atoms with van der Waals surface area (Å²) in [5.41, 5.74) is 7.69. The van der Waals surface area contributed by atoms with Gasteiger partial charge in [-0.15, -0.1) is 0 Å². The number of hydrogen-bond donors (Lipinski definition) is 2. The number of hydrogen-bond acceptors (Lipinski definition) is 3. The topological polar surface area (TPSA) is 76.2 Å². The summed E-state index contributed by atoms with van der Waals surface area (Å²) in [6, 6.07) is 5.67. The van der Waals surface area contributed by atoms with Crippen molar-refractivity contribution < 1.29 is 4.79 Å². The minimum Gasteiger partial charge on any atom is -0.369 e. The van der Waals surface area contributed by atoms with Crippen LogP contribution in [-0.2, 0) is 6.54 Å². The average molecular weight is 326 g/mol. The Kier molecular flexibility index (Phi) is 3.94. The molecule has 102 valence electrons. The lowest BCUT2D eigenvalue weighted by Crippen LogP contribution is -2.36. The summed E-state index contributed by atoms with van der Waals surface area (Å²) in [5, 5.41) is 2.80. The number of nitrogen functional groups attached to an aromatic ring is 1. The standard InChI is InChI=1S/C12H16BrN5O/c1-17(2)12(19)15-5-6-18-10-7-8(13)3-4-9(10)16-11(18)14/h3-4,7H,5-6H2,1-2H3,(H2,14,16)(H,15,19). The molecule has 1 heterocycles. The second-order valence-corrected chi connectivity index (χ2v) is 5.30. The number of aromatic nitrogens is 2. The fourth-order valence-electron chi connectivity index (χ4n) is 1.78. The Labute approximate surface area is 119 Å². The number of benzene rings is 1. The number of carbonyl (C=O) groups is 1. The number of nitrogens with zero attached hydrogens (tertiary/aromatic N) is 3. The molecule has 2 rings (SSSR count). The third kappa shape index (κ3) is 2.98. The quantitative estimate of drug-likeness (QED) is 0.900. The zero-order chi connectivity index (χ0) is 14.0. The van der Waals surface area contributed by atoms with E-state index in [1.807, 2.05) is 22.8 Å². The molecule has 0 aliphatic carbocycles. The zero-order valence-electron chi connectivity index (χ0n) is 10.9. The molecule has 0 saturated heterocycles. The van der Waals surface area contributed by atoms with Crippen LogP contribution in [0.25, 0.3) is 11.0 Å². The SMILES string of the molecule is CN(C)C(=O)NCCn1c(N)nc2ccc(Br)cc21. The van der Waals surface area contributed by atoms with E-state index in [4.69, 9.17) is 5.73 Å². The molecular formula is C12H16BrN5O. The van der Waals surface area contributed by atoms with Crippen molar-refractivity contribution in [1.29, 1.82) is 0 Å². The van der Waals surface area contributed by atoms with Gasteiger partial charge in [-0.2, -0.15) is 0 Å². The summed E-state index contributed by atoms with van der Waals surface area (Å²) in [7, 11) is 3.40. The first kappa shape index (κ1) is 13.7. The summed E-state index contributed by atoms with van der Waals surface area (Å²) in [5.74, 6) is 0.451. The van der Waals surface area contributed by atoms with Crippen LogP contribution in [0.1, 0.15) is 0 Å². The van der Waals surface area contributed by atoms with E-state index < -0.39 is 0 Å². The van der Waals surface area contributed by atoms with Gasteiger partial charge >= 0.3 is 6.03 Å². The number of nitrogens with two attached hydrogens (primary N) is 1. The maximum Gasteiger partial charge on any atom is 0.316 e. The largest absolute Gasteiger partial charge is 0.369 e. The summed E-state index contributed by atoms with van der Waals surface area (Å²) < 4.78 is 2.86. The second kappa shape index (κ2) is 5.48. The highest BCUT2D eigenvalue weighted by Crippen LogP contribution is 2.21. The second-order valence-electron chi connectivity index (χ2n) is 4.38. The van der Waals surface area contributed by atoms with Crippen molar-refractivity contribution in [3.8, 4) is 0 Å². The predicted octanol–water partition coefficient (Wildman–Crippen LogP) is 1.65. The monoisotopic (exact) mass is 325 g/mol. The Bertz CT molecular complexity index is 607. The van der Waals surface area contributed by atoms with Crippen LogP contribution in [0, 0.1) is 0 Å². The lowest BCUT2D eigenvalue weighted by Gasteiger charge is -2.12. The molecule has 1 aromatic heterocycles. The van der Waals surface area contributed by atoms with Gasteiger partial charge in [0, 0.05) is 31.7 Å². The van der Waals surface area contributed by atoms with Crippen LogP contribution < -0.4 is 11.1 Å². The first-order valence-corrected chi connectivity index (χ1v) is 6.65. The van der Waals surface area contributed by atoms with Gasteiger partial charge in [-0.1, -0.05) is 15.9 Å². The molecule has 2 aromatic rings. The van der Waals surface area contributed by atoms with Gasteiger partial charge in [0.05, 0.1) is 11.0 Å². The molecule has 6 nitrogen and oxygen atoms in total. The van der Waals surface area contributed by atoms with Gasteiger partial charge in [0.1, 0.15) is 0 Å². The third-order valence-corrected chi connectivity index (χ3v) is 3.25. The number of urea groups is 1. The molecule has 0 radical (unpaired) electrons. The lowest BCUT2D eigenvalue weighted by molar-refractivity contribution is 0.217. The molecule has 3 N–H and O–H groups in total. The minimum absolute atomic E-state index is 0.121. The summed E-state index contributed by atoms with van der Waals surface area (Å²) in [6.07, 6.45) is 0. The molecule has 7 heteroatoms. The van der Waals surface area contributed by atoms with E-state index in [0.29, 0.717) is 19.0 Å². The molecular weight excluding hydrogens is 310 g/mol. The van der Waals surface area contributed by atoms with Crippen LogP contribution in [0.5, 0.6) is 0 Å². The Balaban J connectivity index is 2.14. The molecule has 0 saturated carbocycles. The van der Waals surface area contributed by atoms with E-state index in [2.05, 4.69) is 26.2 Å². The van der Waals surface area contributed by atoms with Crippen molar-refractivity contribution in [2.75, 3.05) is 26.4 Å². The minimum atomic E-state index is -0.121. The number of nitrogens with one attached hydrogen (secondary N) is 1. The van der Waals surface area contributed by atoms with Gasteiger partial charge in [0.25, 0.3) is 0 Å². The first-order valence-electron chi connectivity index (χ1n) is 5.85. The lowest BCUT2D eigenvalue weighted by atomic mass is 10.3.